The molecule has 0 radical (unpaired) electrons. The molecule has 104 valence electrons. The van der Waals surface area contributed by atoms with Crippen LogP contribution in [0.3, 0.4) is 0 Å². The number of aliphatic hydroxyl groups excluding tert-OH is 1. The Kier molecular flexibility index (Phi) is 4.33. The number of primary amides is 1. The topological polar surface area (TPSA) is 96.5 Å². The van der Waals surface area contributed by atoms with Gasteiger partial charge in [0.1, 0.15) is 18.3 Å². The number of pyridine rings is 1. The van der Waals surface area contributed by atoms with Gasteiger partial charge in [-0.25, -0.2) is 4.98 Å². The zero-order valence-corrected chi connectivity index (χ0v) is 10.9. The molecule has 1 saturated heterocycles. The quantitative estimate of drug-likeness (QED) is 0.711. The van der Waals surface area contributed by atoms with Crippen molar-refractivity contribution in [3.63, 3.8) is 0 Å². The van der Waals surface area contributed by atoms with Gasteiger partial charge in [-0.1, -0.05) is 11.8 Å². The van der Waals surface area contributed by atoms with Gasteiger partial charge in [-0.15, -0.1) is 0 Å². The maximum atomic E-state index is 12.5. The van der Waals surface area contributed by atoms with Gasteiger partial charge in [0.2, 0.25) is 5.91 Å². The third-order valence-corrected chi connectivity index (χ3v) is 3.15. The third kappa shape index (κ3) is 2.78. The lowest BCUT2D eigenvalue weighted by Gasteiger charge is -2.22. The molecule has 1 aliphatic rings. The second-order valence-electron chi connectivity index (χ2n) is 4.42. The van der Waals surface area contributed by atoms with Gasteiger partial charge in [-0.05, 0) is 25.0 Å². The minimum absolute atomic E-state index is 0.182. The number of likely N-dealkylation sites (tertiary alicyclic amines) is 1. The van der Waals surface area contributed by atoms with Crippen LogP contribution in [-0.2, 0) is 4.79 Å². The summed E-state index contributed by atoms with van der Waals surface area (Å²) in [6.45, 7) is 0.187. The Morgan fingerprint density at radius 1 is 1.55 bits per heavy atom. The van der Waals surface area contributed by atoms with Crippen LogP contribution in [0, 0.1) is 11.8 Å². The summed E-state index contributed by atoms with van der Waals surface area (Å²) in [5, 5.41) is 8.73. The van der Waals surface area contributed by atoms with Crippen LogP contribution in [0.4, 0.5) is 0 Å². The average molecular weight is 273 g/mol. The fourth-order valence-corrected chi connectivity index (χ4v) is 2.25. The Balaban J connectivity index is 2.31. The SMILES string of the molecule is NC(=O)C1CCCN1C(=O)c1ncccc1C#CCO. The molecule has 1 unspecified atom stereocenters. The molecule has 0 bridgehead atoms. The van der Waals surface area contributed by atoms with Crippen molar-refractivity contribution in [2.24, 2.45) is 5.73 Å². The van der Waals surface area contributed by atoms with Gasteiger partial charge in [-0.2, -0.15) is 0 Å². The number of amides is 2. The van der Waals surface area contributed by atoms with Gasteiger partial charge >= 0.3 is 0 Å². The van der Waals surface area contributed by atoms with Crippen molar-refractivity contribution >= 4 is 11.8 Å². The molecule has 0 aromatic carbocycles. The molecule has 20 heavy (non-hydrogen) atoms. The van der Waals surface area contributed by atoms with Crippen molar-refractivity contribution in [1.29, 1.82) is 0 Å². The van der Waals surface area contributed by atoms with Crippen LogP contribution < -0.4 is 5.73 Å². The number of aliphatic hydroxyl groups is 1. The molecule has 2 heterocycles. The molecular weight excluding hydrogens is 258 g/mol. The van der Waals surface area contributed by atoms with Gasteiger partial charge in [0.05, 0.1) is 5.56 Å². The molecule has 6 heteroatoms. The predicted octanol–water partition coefficient (Wildman–Crippen LogP) is -0.485. The zero-order valence-electron chi connectivity index (χ0n) is 10.9. The van der Waals surface area contributed by atoms with E-state index in [1.54, 1.807) is 12.1 Å². The summed E-state index contributed by atoms with van der Waals surface area (Å²) < 4.78 is 0. The summed E-state index contributed by atoms with van der Waals surface area (Å²) in [6.07, 6.45) is 2.81. The minimum atomic E-state index is -0.580. The maximum absolute atomic E-state index is 12.5. The van der Waals surface area contributed by atoms with Crippen LogP contribution in [-0.4, -0.2) is 46.0 Å². The monoisotopic (exact) mass is 273 g/mol. The smallest absolute Gasteiger partial charge is 0.274 e. The molecule has 1 fully saturated rings. The van der Waals surface area contributed by atoms with E-state index < -0.39 is 11.9 Å². The van der Waals surface area contributed by atoms with Crippen LogP contribution in [0.25, 0.3) is 0 Å². The van der Waals surface area contributed by atoms with Gasteiger partial charge in [0.25, 0.3) is 5.91 Å². The molecule has 1 aromatic heterocycles. The van der Waals surface area contributed by atoms with E-state index in [0.29, 0.717) is 18.5 Å². The molecule has 2 rings (SSSR count). The molecule has 0 spiro atoms. The molecule has 1 aliphatic heterocycles. The third-order valence-electron chi connectivity index (χ3n) is 3.15. The van der Waals surface area contributed by atoms with Gasteiger partial charge in [-0.3, -0.25) is 9.59 Å². The Hall–Kier alpha value is -2.39. The summed E-state index contributed by atoms with van der Waals surface area (Å²) >= 11 is 0. The highest BCUT2D eigenvalue weighted by atomic mass is 16.2. The van der Waals surface area contributed by atoms with Gasteiger partial charge < -0.3 is 15.7 Å². The molecule has 0 aliphatic carbocycles. The second kappa shape index (κ2) is 6.17. The maximum Gasteiger partial charge on any atom is 0.274 e. The molecule has 1 aromatic rings. The molecule has 0 saturated carbocycles. The van der Waals surface area contributed by atoms with Crippen molar-refractivity contribution in [3.8, 4) is 11.8 Å². The molecule has 1 atom stereocenters. The largest absolute Gasteiger partial charge is 0.384 e. The molecule has 2 amide bonds. The van der Waals surface area contributed by atoms with Crippen LogP contribution in [0.1, 0.15) is 28.9 Å². The Labute approximate surface area is 116 Å². The van der Waals surface area contributed by atoms with E-state index in [-0.39, 0.29) is 18.2 Å². The van der Waals surface area contributed by atoms with Crippen molar-refractivity contribution in [2.75, 3.05) is 13.2 Å². The first-order valence-corrected chi connectivity index (χ1v) is 6.30. The van der Waals surface area contributed by atoms with Crippen LogP contribution >= 0.6 is 0 Å². The lowest BCUT2D eigenvalue weighted by molar-refractivity contribution is -0.121. The van der Waals surface area contributed by atoms with E-state index in [2.05, 4.69) is 16.8 Å². The summed E-state index contributed by atoms with van der Waals surface area (Å²) in [5.41, 5.74) is 5.92. The Morgan fingerprint density at radius 3 is 3.05 bits per heavy atom. The van der Waals surface area contributed by atoms with E-state index in [1.807, 2.05) is 0 Å². The summed E-state index contributed by atoms with van der Waals surface area (Å²) in [5.74, 6) is 4.32. The molecule has 3 N–H and O–H groups in total. The van der Waals surface area contributed by atoms with E-state index in [1.165, 1.54) is 11.1 Å². The van der Waals surface area contributed by atoms with Crippen molar-refractivity contribution in [1.82, 2.24) is 9.88 Å². The standard InChI is InChI=1S/C14H15N3O3/c15-13(19)11-6-2-8-17(11)14(20)12-10(5-3-9-18)4-1-7-16-12/h1,4,7,11,18H,2,6,8-9H2,(H2,15,19). The first-order chi connectivity index (χ1) is 9.65. The lowest BCUT2D eigenvalue weighted by atomic mass is 10.1. The van der Waals surface area contributed by atoms with Crippen LogP contribution in [0.5, 0.6) is 0 Å². The predicted molar refractivity (Wildman–Crippen MR) is 71.5 cm³/mol. The number of nitrogens with two attached hydrogens (primary N) is 1. The Bertz CT molecular complexity index is 589. The number of hydrogen-bond acceptors (Lipinski definition) is 4. The van der Waals surface area contributed by atoms with Gasteiger partial charge in [0, 0.05) is 12.7 Å². The van der Waals surface area contributed by atoms with E-state index in [4.69, 9.17) is 10.8 Å². The summed E-state index contributed by atoms with van der Waals surface area (Å²) in [6, 6.07) is 2.73. The lowest BCUT2D eigenvalue weighted by Crippen LogP contribution is -2.44. The average Bonchev–Trinajstić information content (AvgIpc) is 2.94. The van der Waals surface area contributed by atoms with Crippen molar-refractivity contribution in [3.05, 3.63) is 29.6 Å². The minimum Gasteiger partial charge on any atom is -0.384 e. The van der Waals surface area contributed by atoms with Crippen molar-refractivity contribution < 1.29 is 14.7 Å². The first-order valence-electron chi connectivity index (χ1n) is 6.30. The number of nitrogens with zero attached hydrogens (tertiary/aromatic N) is 2. The Morgan fingerprint density at radius 2 is 2.35 bits per heavy atom. The highest BCUT2D eigenvalue weighted by Gasteiger charge is 2.34. The second-order valence-corrected chi connectivity index (χ2v) is 4.42. The van der Waals surface area contributed by atoms with Crippen LogP contribution in [0.2, 0.25) is 0 Å². The number of hydrogen-bond donors (Lipinski definition) is 2. The first kappa shape index (κ1) is 14.0. The fourth-order valence-electron chi connectivity index (χ4n) is 2.25. The summed E-state index contributed by atoms with van der Waals surface area (Å²) in [4.78, 5) is 29.3. The van der Waals surface area contributed by atoms with Crippen LogP contribution in [0.15, 0.2) is 18.3 Å². The van der Waals surface area contributed by atoms with E-state index >= 15 is 0 Å². The highest BCUT2D eigenvalue weighted by molar-refractivity contribution is 5.98. The zero-order chi connectivity index (χ0) is 14.5. The fraction of sp³-hybridized carbons (Fsp3) is 0.357. The normalized spacial score (nSPS) is 17.4. The number of carbonyl (C=O) groups excluding carboxylic acids is 2. The number of rotatable bonds is 2. The van der Waals surface area contributed by atoms with E-state index in [0.717, 1.165) is 6.42 Å². The summed E-state index contributed by atoms with van der Waals surface area (Å²) in [7, 11) is 0. The molecule has 6 nitrogen and oxygen atoms in total. The van der Waals surface area contributed by atoms with E-state index in [9.17, 15) is 9.59 Å². The molecular formula is C14H15N3O3. The number of carbonyl (C=O) groups is 2. The van der Waals surface area contributed by atoms with Crippen molar-refractivity contribution in [2.45, 2.75) is 18.9 Å². The number of aromatic nitrogens is 1. The highest BCUT2D eigenvalue weighted by Crippen LogP contribution is 2.20. The van der Waals surface area contributed by atoms with Gasteiger partial charge in [0.15, 0.2) is 0 Å².